The number of hydrogen-bond acceptors (Lipinski definition) is 5. The predicted molar refractivity (Wildman–Crippen MR) is 98.8 cm³/mol. The predicted octanol–water partition coefficient (Wildman–Crippen LogP) is 3.64. The van der Waals surface area contributed by atoms with Crippen LogP contribution >= 0.6 is 0 Å². The van der Waals surface area contributed by atoms with Crippen LogP contribution in [0.5, 0.6) is 0 Å². The Labute approximate surface area is 153 Å². The number of nitrogens with zero attached hydrogens (tertiary/aromatic N) is 3. The minimum Gasteiger partial charge on any atom is -0.338 e. The van der Waals surface area contributed by atoms with Crippen molar-refractivity contribution in [3.05, 3.63) is 66.1 Å². The number of rotatable bonds is 6. The molecule has 0 amide bonds. The van der Waals surface area contributed by atoms with Gasteiger partial charge in [0, 0.05) is 11.6 Å². The molecule has 0 aliphatic carbocycles. The van der Waals surface area contributed by atoms with E-state index in [0.29, 0.717) is 5.82 Å². The van der Waals surface area contributed by atoms with Crippen LogP contribution in [0.1, 0.15) is 25.3 Å². The molecule has 0 saturated heterocycles. The molecule has 6 nitrogen and oxygen atoms in total. The first-order valence-corrected chi connectivity index (χ1v) is 9.78. The van der Waals surface area contributed by atoms with E-state index in [1.54, 1.807) is 30.3 Å². The van der Waals surface area contributed by atoms with E-state index in [1.807, 2.05) is 45.0 Å². The number of hydrogen-bond donors (Lipinski definition) is 0. The van der Waals surface area contributed by atoms with E-state index in [0.717, 1.165) is 11.1 Å². The van der Waals surface area contributed by atoms with Gasteiger partial charge in [0.2, 0.25) is 21.7 Å². The Morgan fingerprint density at radius 1 is 1.04 bits per heavy atom. The maximum absolute atomic E-state index is 12.9. The first-order chi connectivity index (χ1) is 12.4. The van der Waals surface area contributed by atoms with Crippen molar-refractivity contribution in [1.29, 1.82) is 0 Å². The zero-order valence-electron chi connectivity index (χ0n) is 15.0. The smallest absolute Gasteiger partial charge is 0.243 e. The van der Waals surface area contributed by atoms with Gasteiger partial charge in [0.1, 0.15) is 0 Å². The van der Waals surface area contributed by atoms with E-state index < -0.39 is 10.0 Å². The number of aryl methyl sites for hydroxylation is 1. The highest BCUT2D eigenvalue weighted by molar-refractivity contribution is 7.89. The molecule has 1 heterocycles. The van der Waals surface area contributed by atoms with Crippen LogP contribution in [-0.2, 0) is 16.6 Å². The first kappa shape index (κ1) is 18.3. The molecule has 2 aromatic carbocycles. The van der Waals surface area contributed by atoms with Crippen LogP contribution in [0.3, 0.4) is 0 Å². The van der Waals surface area contributed by atoms with Gasteiger partial charge in [-0.15, -0.1) is 0 Å². The van der Waals surface area contributed by atoms with Gasteiger partial charge in [-0.2, -0.15) is 9.29 Å². The summed E-state index contributed by atoms with van der Waals surface area (Å²) in [5.41, 5.74) is 1.96. The SMILES string of the molecule is Cc1ccc(-c2noc(CN(C(C)C)S(=O)(=O)c3ccccc3)n2)cc1. The van der Waals surface area contributed by atoms with Gasteiger partial charge >= 0.3 is 0 Å². The van der Waals surface area contributed by atoms with Crippen molar-refractivity contribution in [1.82, 2.24) is 14.4 Å². The second-order valence-corrected chi connectivity index (χ2v) is 8.23. The lowest BCUT2D eigenvalue weighted by Gasteiger charge is -2.24. The molecule has 3 aromatic rings. The third-order valence-corrected chi connectivity index (χ3v) is 6.03. The monoisotopic (exact) mass is 371 g/mol. The summed E-state index contributed by atoms with van der Waals surface area (Å²) < 4.78 is 32.5. The molecule has 0 unspecified atom stereocenters. The second-order valence-electron chi connectivity index (χ2n) is 6.33. The molecule has 0 radical (unpaired) electrons. The Morgan fingerprint density at radius 2 is 1.69 bits per heavy atom. The molecular formula is C19H21N3O3S. The maximum Gasteiger partial charge on any atom is 0.243 e. The molecule has 136 valence electrons. The number of aromatic nitrogens is 2. The Balaban J connectivity index is 1.87. The quantitative estimate of drug-likeness (QED) is 0.661. The number of sulfonamides is 1. The van der Waals surface area contributed by atoms with Gasteiger partial charge in [0.15, 0.2) is 0 Å². The van der Waals surface area contributed by atoms with Crippen LogP contribution in [0, 0.1) is 6.92 Å². The molecule has 3 rings (SSSR count). The summed E-state index contributed by atoms with van der Waals surface area (Å²) in [6.45, 7) is 5.66. The molecular weight excluding hydrogens is 350 g/mol. The molecule has 7 heteroatoms. The molecule has 26 heavy (non-hydrogen) atoms. The van der Waals surface area contributed by atoms with Gasteiger partial charge in [-0.25, -0.2) is 8.42 Å². The third-order valence-electron chi connectivity index (χ3n) is 3.99. The van der Waals surface area contributed by atoms with Crippen molar-refractivity contribution >= 4 is 10.0 Å². The normalized spacial score (nSPS) is 12.0. The van der Waals surface area contributed by atoms with E-state index >= 15 is 0 Å². The zero-order valence-corrected chi connectivity index (χ0v) is 15.8. The lowest BCUT2D eigenvalue weighted by molar-refractivity contribution is 0.286. The lowest BCUT2D eigenvalue weighted by atomic mass is 10.1. The second kappa shape index (κ2) is 7.39. The standard InChI is InChI=1S/C19H21N3O3S/c1-14(2)22(26(23,24)17-7-5-4-6-8-17)13-18-20-19(21-25-18)16-11-9-15(3)10-12-16/h4-12,14H,13H2,1-3H3. The summed E-state index contributed by atoms with van der Waals surface area (Å²) in [5.74, 6) is 0.703. The molecule has 0 bridgehead atoms. The van der Waals surface area contributed by atoms with Crippen molar-refractivity contribution in [2.75, 3.05) is 0 Å². The van der Waals surface area contributed by atoms with Crippen molar-refractivity contribution in [3.8, 4) is 11.4 Å². The highest BCUT2D eigenvalue weighted by Crippen LogP contribution is 2.22. The average Bonchev–Trinajstić information content (AvgIpc) is 3.09. The fourth-order valence-corrected chi connectivity index (χ4v) is 4.15. The molecule has 0 atom stereocenters. The summed E-state index contributed by atoms with van der Waals surface area (Å²) in [4.78, 5) is 4.60. The minimum absolute atomic E-state index is 0.0216. The largest absolute Gasteiger partial charge is 0.338 e. The highest BCUT2D eigenvalue weighted by Gasteiger charge is 2.29. The lowest BCUT2D eigenvalue weighted by Crippen LogP contribution is -2.36. The van der Waals surface area contributed by atoms with Gasteiger partial charge in [-0.1, -0.05) is 53.2 Å². The minimum atomic E-state index is -3.65. The Kier molecular flexibility index (Phi) is 5.20. The molecule has 0 saturated carbocycles. The van der Waals surface area contributed by atoms with Crippen LogP contribution < -0.4 is 0 Å². The highest BCUT2D eigenvalue weighted by atomic mass is 32.2. The molecule has 0 N–H and O–H groups in total. The van der Waals surface area contributed by atoms with Gasteiger partial charge in [0.05, 0.1) is 11.4 Å². The van der Waals surface area contributed by atoms with Crippen LogP contribution in [-0.4, -0.2) is 28.9 Å². The maximum atomic E-state index is 12.9. The molecule has 0 fully saturated rings. The Bertz CT molecular complexity index is 965. The van der Waals surface area contributed by atoms with Crippen LogP contribution in [0.25, 0.3) is 11.4 Å². The van der Waals surface area contributed by atoms with Crippen molar-refractivity contribution in [3.63, 3.8) is 0 Å². The van der Waals surface area contributed by atoms with E-state index in [-0.39, 0.29) is 23.4 Å². The summed E-state index contributed by atoms with van der Waals surface area (Å²) in [6.07, 6.45) is 0. The first-order valence-electron chi connectivity index (χ1n) is 8.34. The summed E-state index contributed by atoms with van der Waals surface area (Å²) in [7, 11) is -3.65. The Morgan fingerprint density at radius 3 is 2.31 bits per heavy atom. The van der Waals surface area contributed by atoms with E-state index in [4.69, 9.17) is 4.52 Å². The van der Waals surface area contributed by atoms with Crippen molar-refractivity contribution in [2.45, 2.75) is 38.3 Å². The number of benzene rings is 2. The molecule has 0 aliphatic heterocycles. The van der Waals surface area contributed by atoms with Crippen LogP contribution in [0.2, 0.25) is 0 Å². The van der Waals surface area contributed by atoms with E-state index in [1.165, 1.54) is 4.31 Å². The van der Waals surface area contributed by atoms with Crippen LogP contribution in [0.15, 0.2) is 64.0 Å². The summed E-state index contributed by atoms with van der Waals surface area (Å²) >= 11 is 0. The fourth-order valence-electron chi connectivity index (χ4n) is 2.55. The molecule has 0 aliphatic rings. The summed E-state index contributed by atoms with van der Waals surface area (Å²) in [5, 5.41) is 3.98. The van der Waals surface area contributed by atoms with Crippen molar-refractivity contribution in [2.24, 2.45) is 0 Å². The zero-order chi connectivity index (χ0) is 18.7. The van der Waals surface area contributed by atoms with Gasteiger partial charge < -0.3 is 4.52 Å². The van der Waals surface area contributed by atoms with Gasteiger partial charge in [0.25, 0.3) is 0 Å². The summed E-state index contributed by atoms with van der Waals surface area (Å²) in [6, 6.07) is 15.8. The topological polar surface area (TPSA) is 76.3 Å². The average molecular weight is 371 g/mol. The van der Waals surface area contributed by atoms with Crippen molar-refractivity contribution < 1.29 is 12.9 Å². The molecule has 1 aromatic heterocycles. The van der Waals surface area contributed by atoms with Gasteiger partial charge in [-0.3, -0.25) is 0 Å². The Hall–Kier alpha value is -2.51. The van der Waals surface area contributed by atoms with Gasteiger partial charge in [-0.05, 0) is 32.9 Å². The van der Waals surface area contributed by atoms with E-state index in [9.17, 15) is 8.42 Å². The van der Waals surface area contributed by atoms with Crippen LogP contribution in [0.4, 0.5) is 0 Å². The fraction of sp³-hybridized carbons (Fsp3) is 0.263. The van der Waals surface area contributed by atoms with E-state index in [2.05, 4.69) is 10.1 Å². The molecule has 0 spiro atoms. The third kappa shape index (κ3) is 3.84.